The molecule has 0 saturated carbocycles. The molecule has 0 bridgehead atoms. The second-order valence-corrected chi connectivity index (χ2v) is 13.1. The van der Waals surface area contributed by atoms with Gasteiger partial charge in [-0.15, -0.1) is 0 Å². The Hall–Kier alpha value is -2.47. The van der Waals surface area contributed by atoms with Gasteiger partial charge in [0.1, 0.15) is 36.2 Å². The van der Waals surface area contributed by atoms with Crippen LogP contribution in [0.2, 0.25) is 0 Å². The molecule has 0 unspecified atom stereocenters. The second-order valence-electron chi connectivity index (χ2n) is 13.1. The minimum absolute atomic E-state index is 0.125. The summed E-state index contributed by atoms with van der Waals surface area (Å²) in [5.41, 5.74) is 0.239. The zero-order chi connectivity index (χ0) is 34.6. The van der Waals surface area contributed by atoms with Gasteiger partial charge in [0.2, 0.25) is 11.8 Å². The summed E-state index contributed by atoms with van der Waals surface area (Å²) < 4.78 is 26.4. The fourth-order valence-corrected chi connectivity index (χ4v) is 6.57. The van der Waals surface area contributed by atoms with E-state index in [1.54, 1.807) is 12.1 Å². The van der Waals surface area contributed by atoms with Crippen LogP contribution in [-0.2, 0) is 20.7 Å². The number of piperidine rings is 1. The highest BCUT2D eigenvalue weighted by molar-refractivity contribution is 5.83. The van der Waals surface area contributed by atoms with Gasteiger partial charge in [-0.3, -0.25) is 25.1 Å². The number of nitrogens with zero attached hydrogens (tertiary/aromatic N) is 2. The molecule has 14 nitrogen and oxygen atoms in total. The summed E-state index contributed by atoms with van der Waals surface area (Å²) in [6.07, 6.45) is -1.98. The number of ether oxygens (including phenoxy) is 2. The fourth-order valence-electron chi connectivity index (χ4n) is 6.57. The van der Waals surface area contributed by atoms with Crippen molar-refractivity contribution in [3.8, 4) is 5.75 Å². The van der Waals surface area contributed by atoms with Crippen molar-refractivity contribution in [3.63, 3.8) is 0 Å². The van der Waals surface area contributed by atoms with E-state index in [1.807, 2.05) is 6.92 Å². The number of hydrogen-bond acceptors (Lipinski definition) is 12. The van der Waals surface area contributed by atoms with Crippen LogP contribution >= 0.6 is 0 Å². The van der Waals surface area contributed by atoms with Crippen molar-refractivity contribution in [2.75, 3.05) is 65.6 Å². The van der Waals surface area contributed by atoms with Crippen LogP contribution in [0, 0.1) is 17.7 Å². The average molecular weight is 684 g/mol. The van der Waals surface area contributed by atoms with Crippen molar-refractivity contribution >= 4 is 11.8 Å². The molecule has 3 fully saturated rings. The van der Waals surface area contributed by atoms with E-state index in [0.717, 1.165) is 58.5 Å². The lowest BCUT2D eigenvalue weighted by molar-refractivity contribution is -0.131. The molecule has 48 heavy (non-hydrogen) atoms. The van der Waals surface area contributed by atoms with Crippen LogP contribution < -0.4 is 20.7 Å². The Morgan fingerprint density at radius 3 is 2.42 bits per heavy atom. The van der Waals surface area contributed by atoms with Gasteiger partial charge in [-0.2, -0.15) is 0 Å². The average Bonchev–Trinajstić information content (AvgIpc) is 3.61. The summed E-state index contributed by atoms with van der Waals surface area (Å²) in [5, 5.41) is 57.5. The van der Waals surface area contributed by atoms with Gasteiger partial charge in [-0.05, 0) is 56.6 Å². The van der Waals surface area contributed by atoms with E-state index in [2.05, 4.69) is 20.9 Å². The first-order valence-corrected chi connectivity index (χ1v) is 17.2. The van der Waals surface area contributed by atoms with Crippen molar-refractivity contribution in [1.82, 2.24) is 25.8 Å². The molecule has 4 rings (SSSR count). The molecule has 3 aliphatic heterocycles. The SMILES string of the molecule is CCOC1CNC(N2CCC(CCCOc3ccc(CC(=O)N4CC[C@H](C(=O)NC[C@H](O)[C@@H](O)[C@H](O)[C@H](O)CO)C4)c(F)c3)CC2)NC1. The Balaban J connectivity index is 1.10. The number of nitrogens with one attached hydrogen (secondary N) is 3. The maximum atomic E-state index is 14.9. The Labute approximate surface area is 281 Å². The van der Waals surface area contributed by atoms with Crippen molar-refractivity contribution < 1.29 is 49.0 Å². The monoisotopic (exact) mass is 683 g/mol. The Morgan fingerprint density at radius 2 is 1.75 bits per heavy atom. The molecule has 0 radical (unpaired) electrons. The molecule has 3 saturated heterocycles. The van der Waals surface area contributed by atoms with Gasteiger partial charge in [0, 0.05) is 58.5 Å². The number of hydrogen-bond donors (Lipinski definition) is 8. The van der Waals surface area contributed by atoms with Crippen molar-refractivity contribution in [3.05, 3.63) is 29.6 Å². The van der Waals surface area contributed by atoms with E-state index < -0.39 is 55.2 Å². The zero-order valence-electron chi connectivity index (χ0n) is 27.8. The van der Waals surface area contributed by atoms with E-state index in [-0.39, 0.29) is 36.8 Å². The summed E-state index contributed by atoms with van der Waals surface area (Å²) in [4.78, 5) is 29.4. The van der Waals surface area contributed by atoms with Crippen LogP contribution in [0.1, 0.15) is 44.6 Å². The van der Waals surface area contributed by atoms with Crippen LogP contribution in [0.4, 0.5) is 4.39 Å². The molecule has 5 atom stereocenters. The van der Waals surface area contributed by atoms with Gasteiger partial charge in [0.05, 0.1) is 37.8 Å². The summed E-state index contributed by atoms with van der Waals surface area (Å²) in [5.74, 6) is -0.791. The number of rotatable bonds is 17. The minimum atomic E-state index is -1.79. The van der Waals surface area contributed by atoms with Crippen LogP contribution in [0.25, 0.3) is 0 Å². The number of aliphatic hydroxyl groups excluding tert-OH is 5. The highest BCUT2D eigenvalue weighted by Gasteiger charge is 2.34. The first-order chi connectivity index (χ1) is 23.1. The molecular formula is C33H54FN5O9. The van der Waals surface area contributed by atoms with E-state index in [9.17, 15) is 34.4 Å². The van der Waals surface area contributed by atoms with Gasteiger partial charge in [0.25, 0.3) is 0 Å². The first-order valence-electron chi connectivity index (χ1n) is 17.2. The number of aliphatic hydroxyl groups is 5. The number of amides is 2. The van der Waals surface area contributed by atoms with E-state index >= 15 is 0 Å². The molecular weight excluding hydrogens is 629 g/mol. The first kappa shape index (κ1) is 38.3. The third kappa shape index (κ3) is 11.0. The minimum Gasteiger partial charge on any atom is -0.493 e. The van der Waals surface area contributed by atoms with E-state index in [0.29, 0.717) is 31.2 Å². The molecule has 1 aromatic carbocycles. The summed E-state index contributed by atoms with van der Waals surface area (Å²) in [7, 11) is 0. The molecule has 0 aromatic heterocycles. The predicted molar refractivity (Wildman–Crippen MR) is 173 cm³/mol. The van der Waals surface area contributed by atoms with Gasteiger partial charge in [0.15, 0.2) is 0 Å². The largest absolute Gasteiger partial charge is 0.493 e. The lowest BCUT2D eigenvalue weighted by atomic mass is 9.92. The summed E-state index contributed by atoms with van der Waals surface area (Å²) >= 11 is 0. The van der Waals surface area contributed by atoms with Crippen LogP contribution in [0.15, 0.2) is 18.2 Å². The number of carbonyl (C=O) groups excluding carboxylic acids is 2. The number of halogens is 1. The number of benzene rings is 1. The fraction of sp³-hybridized carbons (Fsp3) is 0.758. The van der Waals surface area contributed by atoms with Crippen LogP contribution in [0.5, 0.6) is 5.75 Å². The Bertz CT molecular complexity index is 1150. The quantitative estimate of drug-likeness (QED) is 0.0889. The standard InChI is InChI=1S/C33H54FN5O9/c1-2-47-25-16-36-33(37-17-25)38-10-7-21(8-11-38)4-3-13-48-24-6-5-22(26(34)15-24)14-29(43)39-12-9-23(19-39)32(46)35-18-27(41)30(44)31(45)28(42)20-40/h5-6,15,21,23,25,27-28,30-31,33,36-37,40-42,44-45H,2-4,7-14,16-20H2,1H3,(H,35,46)/t23-,25?,27-,28+,30+,31+,33?/m0/s1. The second kappa shape index (κ2) is 19.1. The molecule has 272 valence electrons. The van der Waals surface area contributed by atoms with Crippen molar-refractivity contribution in [2.24, 2.45) is 11.8 Å². The lowest BCUT2D eigenvalue weighted by Crippen LogP contribution is -2.64. The molecule has 3 aliphatic rings. The van der Waals surface area contributed by atoms with Crippen LogP contribution in [-0.4, -0.2) is 150 Å². The molecule has 15 heteroatoms. The Kier molecular flexibility index (Phi) is 15.2. The molecule has 2 amide bonds. The normalized spacial score (nSPS) is 25.0. The third-order valence-electron chi connectivity index (χ3n) is 9.61. The predicted octanol–water partition coefficient (Wildman–Crippen LogP) is -1.48. The van der Waals surface area contributed by atoms with Gasteiger partial charge < -0.3 is 45.2 Å². The number of likely N-dealkylation sites (tertiary alicyclic amines) is 2. The molecule has 3 heterocycles. The third-order valence-corrected chi connectivity index (χ3v) is 9.61. The van der Waals surface area contributed by atoms with Crippen molar-refractivity contribution in [1.29, 1.82) is 0 Å². The van der Waals surface area contributed by atoms with Gasteiger partial charge in [-0.1, -0.05) is 6.07 Å². The van der Waals surface area contributed by atoms with Crippen molar-refractivity contribution in [2.45, 2.75) is 82.3 Å². The molecule has 8 N–H and O–H groups in total. The highest BCUT2D eigenvalue weighted by atomic mass is 19.1. The van der Waals surface area contributed by atoms with E-state index in [1.165, 1.54) is 11.0 Å². The van der Waals surface area contributed by atoms with Crippen LogP contribution in [0.3, 0.4) is 0 Å². The highest BCUT2D eigenvalue weighted by Crippen LogP contribution is 2.24. The molecule has 0 aliphatic carbocycles. The molecule has 1 aromatic rings. The summed E-state index contributed by atoms with van der Waals surface area (Å²) in [6, 6.07) is 4.52. The topological polar surface area (TPSA) is 196 Å². The van der Waals surface area contributed by atoms with Gasteiger partial charge >= 0.3 is 0 Å². The lowest BCUT2D eigenvalue weighted by Gasteiger charge is -2.41. The Morgan fingerprint density at radius 1 is 1.04 bits per heavy atom. The summed E-state index contributed by atoms with van der Waals surface area (Å²) in [6.45, 7) is 6.24. The molecule has 0 spiro atoms. The zero-order valence-corrected chi connectivity index (χ0v) is 27.8. The smallest absolute Gasteiger partial charge is 0.227 e. The number of carbonyl (C=O) groups is 2. The maximum absolute atomic E-state index is 14.9. The van der Waals surface area contributed by atoms with E-state index in [4.69, 9.17) is 14.6 Å². The maximum Gasteiger partial charge on any atom is 0.227 e. The van der Waals surface area contributed by atoms with Gasteiger partial charge in [-0.25, -0.2) is 4.39 Å².